The van der Waals surface area contributed by atoms with E-state index in [1.165, 1.54) is 24.3 Å². The Hall–Kier alpha value is -3.65. The number of carbonyl (C=O) groups is 1. The molecule has 3 rings (SSSR count). The number of methoxy groups -OCH3 is 1. The molecule has 27 heavy (non-hydrogen) atoms. The van der Waals surface area contributed by atoms with Crippen molar-refractivity contribution in [2.75, 3.05) is 7.11 Å². The molecule has 0 aliphatic carbocycles. The minimum Gasteiger partial charge on any atom is -0.497 e. The van der Waals surface area contributed by atoms with Gasteiger partial charge in [-0.3, -0.25) is 0 Å². The van der Waals surface area contributed by atoms with Gasteiger partial charge in [0, 0.05) is 11.6 Å². The lowest BCUT2D eigenvalue weighted by Crippen LogP contribution is -2.02. The van der Waals surface area contributed by atoms with E-state index in [9.17, 15) is 9.18 Å². The highest BCUT2D eigenvalue weighted by Crippen LogP contribution is 2.22. The van der Waals surface area contributed by atoms with E-state index in [4.69, 9.17) is 14.7 Å². The van der Waals surface area contributed by atoms with Gasteiger partial charge < -0.3 is 9.47 Å². The Bertz CT molecular complexity index is 1070. The third kappa shape index (κ3) is 4.50. The maximum atomic E-state index is 13.7. The number of nitrogens with zero attached hydrogens (tertiary/aromatic N) is 1. The zero-order chi connectivity index (χ0) is 19.2. The molecular weight excluding hydrogens is 345 g/mol. The molecule has 5 heteroatoms. The van der Waals surface area contributed by atoms with Crippen molar-refractivity contribution >= 4 is 22.8 Å². The molecule has 0 spiro atoms. The topological polar surface area (TPSA) is 59.3 Å². The van der Waals surface area contributed by atoms with Crippen molar-refractivity contribution in [2.45, 2.75) is 6.61 Å². The molecular formula is C22H16FNO3. The van der Waals surface area contributed by atoms with Gasteiger partial charge in [0.1, 0.15) is 18.2 Å². The van der Waals surface area contributed by atoms with Crippen LogP contribution >= 0.6 is 0 Å². The second-order valence-corrected chi connectivity index (χ2v) is 5.83. The summed E-state index contributed by atoms with van der Waals surface area (Å²) < 4.78 is 23.9. The monoisotopic (exact) mass is 361 g/mol. The fraction of sp³-hybridized carbons (Fsp3) is 0.0909. The molecule has 4 nitrogen and oxygen atoms in total. The molecule has 0 radical (unpaired) electrons. The zero-order valence-corrected chi connectivity index (χ0v) is 14.6. The van der Waals surface area contributed by atoms with Gasteiger partial charge in [-0.05, 0) is 58.8 Å². The van der Waals surface area contributed by atoms with Crippen molar-refractivity contribution in [1.82, 2.24) is 0 Å². The van der Waals surface area contributed by atoms with E-state index in [0.717, 1.165) is 22.1 Å². The molecule has 0 heterocycles. The van der Waals surface area contributed by atoms with Crippen LogP contribution in [0.1, 0.15) is 16.7 Å². The first kappa shape index (κ1) is 18.2. The molecule has 0 fully saturated rings. The van der Waals surface area contributed by atoms with Crippen molar-refractivity contribution in [3.8, 4) is 11.8 Å². The quantitative estimate of drug-likeness (QED) is 0.492. The molecule has 0 aliphatic heterocycles. The summed E-state index contributed by atoms with van der Waals surface area (Å²) in [7, 11) is 1.62. The van der Waals surface area contributed by atoms with Crippen LogP contribution < -0.4 is 4.74 Å². The van der Waals surface area contributed by atoms with Crippen molar-refractivity contribution in [3.05, 3.63) is 83.2 Å². The predicted molar refractivity (Wildman–Crippen MR) is 100 cm³/mol. The molecule has 3 aromatic carbocycles. The van der Waals surface area contributed by atoms with Gasteiger partial charge in [-0.1, -0.05) is 18.2 Å². The molecule has 134 valence electrons. The van der Waals surface area contributed by atoms with Crippen LogP contribution in [-0.4, -0.2) is 13.1 Å². The maximum Gasteiger partial charge on any atom is 0.331 e. The van der Waals surface area contributed by atoms with E-state index in [-0.39, 0.29) is 12.2 Å². The summed E-state index contributed by atoms with van der Waals surface area (Å²) in [5.74, 6) is -0.329. The van der Waals surface area contributed by atoms with Gasteiger partial charge >= 0.3 is 5.97 Å². The highest BCUT2D eigenvalue weighted by Gasteiger charge is 2.06. The zero-order valence-electron chi connectivity index (χ0n) is 14.6. The average molecular weight is 361 g/mol. The highest BCUT2D eigenvalue weighted by molar-refractivity contribution is 5.90. The van der Waals surface area contributed by atoms with Crippen LogP contribution in [0.25, 0.3) is 16.8 Å². The van der Waals surface area contributed by atoms with Crippen molar-refractivity contribution in [3.63, 3.8) is 0 Å². The molecule has 0 amide bonds. The van der Waals surface area contributed by atoms with Crippen LogP contribution in [0.4, 0.5) is 4.39 Å². The van der Waals surface area contributed by atoms with Crippen molar-refractivity contribution in [2.24, 2.45) is 0 Å². The minimum absolute atomic E-state index is 0.162. The fourth-order valence-corrected chi connectivity index (χ4v) is 2.59. The lowest BCUT2D eigenvalue weighted by atomic mass is 10.1. The standard InChI is InChI=1S/C22H16FNO3/c1-26-20-7-6-17-10-15(2-5-18(17)12-20)4-9-22(25)27-14-19-11-16(13-24)3-8-21(19)23/h2-12H,14H2,1H3/b9-4+. The van der Waals surface area contributed by atoms with Crippen LogP contribution in [-0.2, 0) is 16.1 Å². The van der Waals surface area contributed by atoms with Gasteiger partial charge in [0.05, 0.1) is 18.7 Å². The van der Waals surface area contributed by atoms with Gasteiger partial charge in [-0.15, -0.1) is 0 Å². The lowest BCUT2D eigenvalue weighted by Gasteiger charge is -2.05. The summed E-state index contributed by atoms with van der Waals surface area (Å²) in [4.78, 5) is 11.9. The van der Waals surface area contributed by atoms with Gasteiger partial charge in [0.15, 0.2) is 0 Å². The number of benzene rings is 3. The van der Waals surface area contributed by atoms with Gasteiger partial charge in [0.25, 0.3) is 0 Å². The van der Waals surface area contributed by atoms with Crippen molar-refractivity contribution < 1.29 is 18.7 Å². The lowest BCUT2D eigenvalue weighted by molar-refractivity contribution is -0.138. The van der Waals surface area contributed by atoms with Gasteiger partial charge in [-0.2, -0.15) is 5.26 Å². The Morgan fingerprint density at radius 1 is 1.11 bits per heavy atom. The largest absolute Gasteiger partial charge is 0.497 e. The molecule has 0 unspecified atom stereocenters. The molecule has 0 aromatic heterocycles. The first-order valence-electron chi connectivity index (χ1n) is 8.20. The first-order valence-corrected chi connectivity index (χ1v) is 8.20. The number of hydrogen-bond acceptors (Lipinski definition) is 4. The number of carbonyl (C=O) groups excluding carboxylic acids is 1. The number of fused-ring (bicyclic) bond motifs is 1. The predicted octanol–water partition coefficient (Wildman–Crippen LogP) is 4.62. The summed E-state index contributed by atoms with van der Waals surface area (Å²) in [5, 5.41) is 10.9. The maximum absolute atomic E-state index is 13.7. The van der Waals surface area contributed by atoms with Crippen LogP contribution in [0.5, 0.6) is 5.75 Å². The normalized spacial score (nSPS) is 10.7. The third-order valence-corrected chi connectivity index (χ3v) is 4.03. The van der Waals surface area contributed by atoms with Crippen LogP contribution in [0.3, 0.4) is 0 Å². The van der Waals surface area contributed by atoms with E-state index in [2.05, 4.69) is 0 Å². The molecule has 0 atom stereocenters. The number of ether oxygens (including phenoxy) is 2. The second-order valence-electron chi connectivity index (χ2n) is 5.83. The van der Waals surface area contributed by atoms with Crippen LogP contribution in [0.2, 0.25) is 0 Å². The molecule has 0 saturated carbocycles. The third-order valence-electron chi connectivity index (χ3n) is 4.03. The Balaban J connectivity index is 1.66. The Labute approximate surface area is 156 Å². The SMILES string of the molecule is COc1ccc2cc(/C=C/C(=O)OCc3cc(C#N)ccc3F)ccc2c1. The summed E-state index contributed by atoms with van der Waals surface area (Å²) >= 11 is 0. The molecule has 0 N–H and O–H groups in total. The summed E-state index contributed by atoms with van der Waals surface area (Å²) in [6.45, 7) is -0.234. The molecule has 3 aromatic rings. The summed E-state index contributed by atoms with van der Waals surface area (Å²) in [6.07, 6.45) is 2.92. The van der Waals surface area contributed by atoms with Crippen molar-refractivity contribution in [1.29, 1.82) is 5.26 Å². The van der Waals surface area contributed by atoms with E-state index in [1.54, 1.807) is 13.2 Å². The smallest absolute Gasteiger partial charge is 0.331 e. The number of hydrogen-bond donors (Lipinski definition) is 0. The Morgan fingerprint density at radius 3 is 2.67 bits per heavy atom. The van der Waals surface area contributed by atoms with E-state index >= 15 is 0 Å². The minimum atomic E-state index is -0.591. The van der Waals surface area contributed by atoms with E-state index in [0.29, 0.717) is 5.56 Å². The highest BCUT2D eigenvalue weighted by atomic mass is 19.1. The number of halogens is 1. The van der Waals surface area contributed by atoms with Gasteiger partial charge in [-0.25, -0.2) is 9.18 Å². The number of nitriles is 1. The Morgan fingerprint density at radius 2 is 1.89 bits per heavy atom. The fourth-order valence-electron chi connectivity index (χ4n) is 2.59. The molecule has 0 bridgehead atoms. The number of rotatable bonds is 5. The average Bonchev–Trinajstić information content (AvgIpc) is 2.71. The van der Waals surface area contributed by atoms with E-state index < -0.39 is 11.8 Å². The molecule has 0 saturated heterocycles. The number of esters is 1. The summed E-state index contributed by atoms with van der Waals surface area (Å²) in [6, 6.07) is 17.3. The van der Waals surface area contributed by atoms with E-state index in [1.807, 2.05) is 42.5 Å². The van der Waals surface area contributed by atoms with Crippen LogP contribution in [0.15, 0.2) is 60.7 Å². The summed E-state index contributed by atoms with van der Waals surface area (Å²) in [5.41, 5.74) is 1.31. The Kier molecular flexibility index (Phi) is 5.48. The molecule has 0 aliphatic rings. The van der Waals surface area contributed by atoms with Gasteiger partial charge in [0.2, 0.25) is 0 Å². The second kappa shape index (κ2) is 8.15. The van der Waals surface area contributed by atoms with Crippen LogP contribution in [0, 0.1) is 17.1 Å². The first-order chi connectivity index (χ1) is 13.1.